The molecule has 1 aromatic carbocycles. The Morgan fingerprint density at radius 3 is 2.27 bits per heavy atom. The quantitative estimate of drug-likeness (QED) is 0.351. The number of piperidine rings is 1. The number of amides is 1. The Morgan fingerprint density at radius 1 is 1.03 bits per heavy atom. The molecule has 1 aromatic rings. The van der Waals surface area contributed by atoms with Gasteiger partial charge in [-0.05, 0) is 43.7 Å². The van der Waals surface area contributed by atoms with E-state index in [9.17, 15) is 4.79 Å². The first kappa shape index (κ1) is 24.9. The molecular formula is C23H37IN4O2. The van der Waals surface area contributed by atoms with Gasteiger partial charge in [0.2, 0.25) is 5.91 Å². The molecule has 0 aliphatic carbocycles. The fraction of sp³-hybridized carbons (Fsp3) is 0.652. The zero-order valence-corrected chi connectivity index (χ0v) is 20.8. The molecule has 2 aliphatic heterocycles. The summed E-state index contributed by atoms with van der Waals surface area (Å²) < 4.78 is 5.37. The van der Waals surface area contributed by atoms with Crippen LogP contribution in [0.2, 0.25) is 0 Å². The Bertz CT molecular complexity index is 666. The minimum atomic E-state index is 0. The molecule has 1 amide bonds. The maximum atomic E-state index is 12.7. The number of benzene rings is 1. The van der Waals surface area contributed by atoms with Crippen LogP contribution in [-0.2, 0) is 22.4 Å². The second kappa shape index (κ2) is 13.1. The van der Waals surface area contributed by atoms with Crippen LogP contribution in [0.1, 0.15) is 37.8 Å². The van der Waals surface area contributed by atoms with Crippen LogP contribution in [0.15, 0.2) is 29.3 Å². The highest BCUT2D eigenvalue weighted by molar-refractivity contribution is 14.0. The summed E-state index contributed by atoms with van der Waals surface area (Å²) in [4.78, 5) is 21.9. The van der Waals surface area contributed by atoms with E-state index in [1.54, 1.807) is 0 Å². The van der Waals surface area contributed by atoms with Gasteiger partial charge in [-0.2, -0.15) is 0 Å². The molecule has 2 fully saturated rings. The fourth-order valence-electron chi connectivity index (χ4n) is 4.04. The lowest BCUT2D eigenvalue weighted by Gasteiger charge is -2.36. The number of likely N-dealkylation sites (tertiary alicyclic amines) is 1. The van der Waals surface area contributed by atoms with Gasteiger partial charge in [0, 0.05) is 45.2 Å². The SMILES string of the molecule is CCNC(=NCCc1ccc(CC)cc1)N1CCC(C(=O)N2CCOCC2)CC1.I. The summed E-state index contributed by atoms with van der Waals surface area (Å²) in [6.07, 6.45) is 3.83. The van der Waals surface area contributed by atoms with E-state index in [1.165, 1.54) is 11.1 Å². The van der Waals surface area contributed by atoms with E-state index < -0.39 is 0 Å². The van der Waals surface area contributed by atoms with E-state index in [2.05, 4.69) is 48.3 Å². The molecule has 0 bridgehead atoms. The Hall–Kier alpha value is -1.35. The number of nitrogens with one attached hydrogen (secondary N) is 1. The maximum absolute atomic E-state index is 12.7. The highest BCUT2D eigenvalue weighted by Gasteiger charge is 2.30. The molecule has 0 radical (unpaired) electrons. The zero-order valence-electron chi connectivity index (χ0n) is 18.4. The van der Waals surface area contributed by atoms with E-state index >= 15 is 0 Å². The summed E-state index contributed by atoms with van der Waals surface area (Å²) in [6, 6.07) is 8.84. The van der Waals surface area contributed by atoms with E-state index in [1.807, 2.05) is 4.90 Å². The van der Waals surface area contributed by atoms with Crippen molar-refractivity contribution >= 4 is 35.8 Å². The standard InChI is InChI=1S/C23H36N4O2.HI/c1-3-19-5-7-20(8-6-19)9-12-25-23(24-4-2)27-13-10-21(11-14-27)22(28)26-15-17-29-18-16-26;/h5-8,21H,3-4,9-18H2,1-2H3,(H,24,25);1H. The normalized spacial score (nSPS) is 18.1. The van der Waals surface area contributed by atoms with Crippen molar-refractivity contribution in [2.24, 2.45) is 10.9 Å². The number of aliphatic imine (C=N–C) groups is 1. The van der Waals surface area contributed by atoms with E-state index in [-0.39, 0.29) is 29.9 Å². The maximum Gasteiger partial charge on any atom is 0.225 e. The first-order valence-electron chi connectivity index (χ1n) is 11.2. The van der Waals surface area contributed by atoms with Crippen molar-refractivity contribution < 1.29 is 9.53 Å². The molecule has 0 spiro atoms. The Balaban J connectivity index is 0.00000320. The van der Waals surface area contributed by atoms with Crippen molar-refractivity contribution in [1.82, 2.24) is 15.1 Å². The number of guanidine groups is 1. The third-order valence-electron chi connectivity index (χ3n) is 5.89. The molecule has 2 heterocycles. The Labute approximate surface area is 198 Å². The van der Waals surface area contributed by atoms with Crippen LogP contribution in [0, 0.1) is 5.92 Å². The van der Waals surface area contributed by atoms with Crippen molar-refractivity contribution in [3.63, 3.8) is 0 Å². The molecule has 0 atom stereocenters. The summed E-state index contributed by atoms with van der Waals surface area (Å²) in [5.74, 6) is 1.43. The Morgan fingerprint density at radius 2 is 1.67 bits per heavy atom. The number of halogens is 1. The first-order valence-corrected chi connectivity index (χ1v) is 11.2. The van der Waals surface area contributed by atoms with Crippen molar-refractivity contribution in [2.75, 3.05) is 52.5 Å². The van der Waals surface area contributed by atoms with Crippen LogP contribution in [0.25, 0.3) is 0 Å². The molecule has 3 rings (SSSR count). The van der Waals surface area contributed by atoms with Crippen LogP contribution < -0.4 is 5.32 Å². The third-order valence-corrected chi connectivity index (χ3v) is 5.89. The van der Waals surface area contributed by atoms with Gasteiger partial charge in [-0.3, -0.25) is 9.79 Å². The van der Waals surface area contributed by atoms with Crippen molar-refractivity contribution in [2.45, 2.75) is 39.5 Å². The van der Waals surface area contributed by atoms with Gasteiger partial charge < -0.3 is 19.9 Å². The minimum Gasteiger partial charge on any atom is -0.378 e. The van der Waals surface area contributed by atoms with Crippen LogP contribution in [0.5, 0.6) is 0 Å². The molecule has 0 aromatic heterocycles. The van der Waals surface area contributed by atoms with Crippen LogP contribution in [0.3, 0.4) is 0 Å². The van der Waals surface area contributed by atoms with Crippen molar-refractivity contribution in [3.05, 3.63) is 35.4 Å². The third kappa shape index (κ3) is 7.11. The summed E-state index contributed by atoms with van der Waals surface area (Å²) in [6.45, 7) is 10.5. The van der Waals surface area contributed by atoms with E-state index in [0.717, 1.165) is 70.9 Å². The van der Waals surface area contributed by atoms with E-state index in [0.29, 0.717) is 19.1 Å². The number of morpholine rings is 1. The molecule has 0 unspecified atom stereocenters. The molecule has 1 N–H and O–H groups in total. The summed E-state index contributed by atoms with van der Waals surface area (Å²) in [5, 5.41) is 3.43. The van der Waals surface area contributed by atoms with E-state index in [4.69, 9.17) is 9.73 Å². The van der Waals surface area contributed by atoms with Gasteiger partial charge >= 0.3 is 0 Å². The Kier molecular flexibility index (Phi) is 10.9. The number of ether oxygens (including phenoxy) is 1. The van der Waals surface area contributed by atoms with Gasteiger partial charge in [-0.25, -0.2) is 0 Å². The highest BCUT2D eigenvalue weighted by atomic mass is 127. The molecule has 168 valence electrons. The monoisotopic (exact) mass is 528 g/mol. The van der Waals surface area contributed by atoms with Gasteiger partial charge in [0.1, 0.15) is 0 Å². The minimum absolute atomic E-state index is 0. The largest absolute Gasteiger partial charge is 0.378 e. The van der Waals surface area contributed by atoms with Gasteiger partial charge in [0.05, 0.1) is 13.2 Å². The van der Waals surface area contributed by atoms with Crippen molar-refractivity contribution in [3.8, 4) is 0 Å². The van der Waals surface area contributed by atoms with Gasteiger partial charge in [-0.1, -0.05) is 31.2 Å². The average molecular weight is 528 g/mol. The van der Waals surface area contributed by atoms with Crippen LogP contribution in [-0.4, -0.2) is 74.1 Å². The lowest BCUT2D eigenvalue weighted by Crippen LogP contribution is -2.50. The van der Waals surface area contributed by atoms with Crippen LogP contribution >= 0.6 is 24.0 Å². The molecule has 2 aliphatic rings. The number of rotatable bonds is 6. The molecule has 2 saturated heterocycles. The molecule has 0 saturated carbocycles. The molecular weight excluding hydrogens is 491 g/mol. The summed E-state index contributed by atoms with van der Waals surface area (Å²) in [5.41, 5.74) is 2.71. The molecule has 6 nitrogen and oxygen atoms in total. The molecule has 30 heavy (non-hydrogen) atoms. The topological polar surface area (TPSA) is 57.2 Å². The number of hydrogen-bond acceptors (Lipinski definition) is 3. The van der Waals surface area contributed by atoms with Gasteiger partial charge in [0.15, 0.2) is 5.96 Å². The number of carbonyl (C=O) groups is 1. The first-order chi connectivity index (χ1) is 14.2. The number of nitrogens with zero attached hydrogens (tertiary/aromatic N) is 3. The van der Waals surface area contributed by atoms with Crippen molar-refractivity contribution in [1.29, 1.82) is 0 Å². The van der Waals surface area contributed by atoms with Gasteiger partial charge in [-0.15, -0.1) is 24.0 Å². The average Bonchev–Trinajstić information content (AvgIpc) is 2.79. The number of aryl methyl sites for hydroxylation is 1. The predicted octanol–water partition coefficient (Wildman–Crippen LogP) is 2.95. The number of hydrogen-bond donors (Lipinski definition) is 1. The summed E-state index contributed by atoms with van der Waals surface area (Å²) in [7, 11) is 0. The second-order valence-electron chi connectivity index (χ2n) is 7.85. The summed E-state index contributed by atoms with van der Waals surface area (Å²) >= 11 is 0. The zero-order chi connectivity index (χ0) is 20.5. The number of carbonyl (C=O) groups excluding carboxylic acids is 1. The smallest absolute Gasteiger partial charge is 0.225 e. The second-order valence-corrected chi connectivity index (χ2v) is 7.85. The van der Waals surface area contributed by atoms with Crippen LogP contribution in [0.4, 0.5) is 0 Å². The molecule has 7 heteroatoms. The lowest BCUT2D eigenvalue weighted by molar-refractivity contribution is -0.140. The lowest BCUT2D eigenvalue weighted by atomic mass is 9.95. The predicted molar refractivity (Wildman–Crippen MR) is 133 cm³/mol. The van der Waals surface area contributed by atoms with Gasteiger partial charge in [0.25, 0.3) is 0 Å². The highest BCUT2D eigenvalue weighted by Crippen LogP contribution is 2.20. The fourth-order valence-corrected chi connectivity index (χ4v) is 4.04.